The van der Waals surface area contributed by atoms with Crippen LogP contribution in [0.15, 0.2) is 35.1 Å². The lowest BCUT2D eigenvalue weighted by Gasteiger charge is -2.31. The zero-order valence-corrected chi connectivity index (χ0v) is 18.8. The summed E-state index contributed by atoms with van der Waals surface area (Å²) in [6.07, 6.45) is 3.83. The number of ether oxygens (including phenoxy) is 1. The number of carbonyl (C=O) groups excluding carboxylic acids is 1. The van der Waals surface area contributed by atoms with E-state index in [0.717, 1.165) is 41.8 Å². The topological polar surface area (TPSA) is 84.7 Å². The van der Waals surface area contributed by atoms with Gasteiger partial charge in [-0.15, -0.1) is 0 Å². The first-order chi connectivity index (χ1) is 16.0. The molecule has 0 spiro atoms. The third-order valence-electron chi connectivity index (χ3n) is 7.54. The number of aromatic nitrogens is 2. The molecule has 3 aliphatic rings. The molecule has 1 N–H and O–H groups in total. The molecular weight excluding hydrogens is 418 g/mol. The zero-order valence-electron chi connectivity index (χ0n) is 18.8. The van der Waals surface area contributed by atoms with Crippen LogP contribution in [0.25, 0.3) is 22.3 Å². The van der Waals surface area contributed by atoms with E-state index in [1.54, 1.807) is 17.6 Å². The summed E-state index contributed by atoms with van der Waals surface area (Å²) in [4.78, 5) is 33.4. The van der Waals surface area contributed by atoms with E-state index in [2.05, 4.69) is 11.0 Å². The van der Waals surface area contributed by atoms with Crippen molar-refractivity contribution in [2.24, 2.45) is 0 Å². The molecule has 0 amide bonds. The minimum Gasteiger partial charge on any atom is -0.458 e. The smallest absolute Gasteiger partial charge is 0.343 e. The van der Waals surface area contributed by atoms with E-state index < -0.39 is 11.6 Å². The Morgan fingerprint density at radius 1 is 1.12 bits per heavy atom. The lowest BCUT2D eigenvalue weighted by atomic mass is 9.86. The van der Waals surface area contributed by atoms with Gasteiger partial charge < -0.3 is 14.4 Å². The molecule has 0 aliphatic carbocycles. The molecule has 0 saturated carbocycles. The first-order valence-electron chi connectivity index (χ1n) is 11.8. The number of benzene rings is 1. The molecule has 3 aromatic rings. The Bertz CT molecular complexity index is 1360. The maximum atomic E-state index is 13.5. The molecule has 6 rings (SSSR count). The van der Waals surface area contributed by atoms with Gasteiger partial charge in [-0.3, -0.25) is 9.69 Å². The molecule has 5 heterocycles. The number of nitrogens with zero attached hydrogens (tertiary/aromatic N) is 3. The van der Waals surface area contributed by atoms with Crippen LogP contribution in [0.1, 0.15) is 54.9 Å². The minimum atomic E-state index is -1.81. The zero-order chi connectivity index (χ0) is 22.7. The average molecular weight is 446 g/mol. The Balaban J connectivity index is 1.57. The largest absolute Gasteiger partial charge is 0.458 e. The molecule has 170 valence electrons. The molecule has 7 nitrogen and oxygen atoms in total. The summed E-state index contributed by atoms with van der Waals surface area (Å²) in [7, 11) is 0. The summed E-state index contributed by atoms with van der Waals surface area (Å²) in [5.41, 5.74) is 3.32. The van der Waals surface area contributed by atoms with Crippen molar-refractivity contribution in [1.82, 2.24) is 14.5 Å². The number of cyclic esters (lactones) is 1. The van der Waals surface area contributed by atoms with Gasteiger partial charge in [-0.25, -0.2) is 9.78 Å². The summed E-state index contributed by atoms with van der Waals surface area (Å²) >= 11 is 0. The van der Waals surface area contributed by atoms with E-state index >= 15 is 0 Å². The Labute approximate surface area is 191 Å². The molecule has 3 aliphatic heterocycles. The maximum Gasteiger partial charge on any atom is 0.343 e. The minimum absolute atomic E-state index is 0.109. The second kappa shape index (κ2) is 7.50. The quantitative estimate of drug-likeness (QED) is 0.488. The van der Waals surface area contributed by atoms with Crippen molar-refractivity contribution in [3.05, 3.63) is 62.9 Å². The predicted molar refractivity (Wildman–Crippen MR) is 124 cm³/mol. The first kappa shape index (κ1) is 20.6. The molecule has 0 unspecified atom stereocenters. The van der Waals surface area contributed by atoms with E-state index in [0.29, 0.717) is 23.4 Å². The Kier molecular flexibility index (Phi) is 4.67. The van der Waals surface area contributed by atoms with Gasteiger partial charge in [-0.1, -0.05) is 31.5 Å². The average Bonchev–Trinajstić information content (AvgIpc) is 3.21. The normalized spacial score (nSPS) is 22.1. The molecule has 2 aromatic heterocycles. The fraction of sp³-hybridized carbons (Fsp3) is 0.423. The molecule has 0 bridgehead atoms. The molecule has 33 heavy (non-hydrogen) atoms. The van der Waals surface area contributed by atoms with Gasteiger partial charge in [-0.05, 0) is 50.0 Å². The monoisotopic (exact) mass is 445 g/mol. The van der Waals surface area contributed by atoms with Gasteiger partial charge >= 0.3 is 5.97 Å². The van der Waals surface area contributed by atoms with Crippen LogP contribution in [-0.4, -0.2) is 38.6 Å². The fourth-order valence-electron chi connectivity index (χ4n) is 5.63. The van der Waals surface area contributed by atoms with Crippen molar-refractivity contribution in [3.63, 3.8) is 0 Å². The highest BCUT2D eigenvalue weighted by Crippen LogP contribution is 2.40. The van der Waals surface area contributed by atoms with Gasteiger partial charge in [0, 0.05) is 23.1 Å². The molecule has 1 atom stereocenters. The lowest BCUT2D eigenvalue weighted by molar-refractivity contribution is -0.172. The number of carbonyl (C=O) groups is 1. The Hall–Kier alpha value is -3.03. The van der Waals surface area contributed by atoms with Crippen molar-refractivity contribution in [3.8, 4) is 11.4 Å². The number of fused-ring (bicyclic) bond motifs is 5. The SMILES string of the molecule is CC[C@@]1(O)C(=O)OCc2c1cc1n(c2=O)Cc2c-1nc1ccccc1c2CN1CCCCC1. The number of aliphatic hydroxyl groups is 1. The van der Waals surface area contributed by atoms with Crippen molar-refractivity contribution in [2.75, 3.05) is 13.1 Å². The number of piperidine rings is 1. The predicted octanol–water partition coefficient (Wildman–Crippen LogP) is 3.07. The Morgan fingerprint density at radius 2 is 1.91 bits per heavy atom. The molecular formula is C26H27N3O4. The van der Waals surface area contributed by atoms with E-state index in [4.69, 9.17) is 9.72 Å². The van der Waals surface area contributed by atoms with Crippen molar-refractivity contribution in [1.29, 1.82) is 0 Å². The number of rotatable bonds is 3. The summed E-state index contributed by atoms with van der Waals surface area (Å²) in [5, 5.41) is 12.2. The van der Waals surface area contributed by atoms with Crippen molar-refractivity contribution < 1.29 is 14.6 Å². The van der Waals surface area contributed by atoms with Crippen LogP contribution in [0.2, 0.25) is 0 Å². The molecule has 1 saturated heterocycles. The highest BCUT2D eigenvalue weighted by atomic mass is 16.6. The van der Waals surface area contributed by atoms with Crippen LogP contribution in [0.5, 0.6) is 0 Å². The first-order valence-corrected chi connectivity index (χ1v) is 11.8. The summed E-state index contributed by atoms with van der Waals surface area (Å²) in [6.45, 7) is 5.04. The third-order valence-corrected chi connectivity index (χ3v) is 7.54. The lowest BCUT2D eigenvalue weighted by Crippen LogP contribution is -2.44. The van der Waals surface area contributed by atoms with Gasteiger partial charge in [-0.2, -0.15) is 0 Å². The standard InChI is InChI=1S/C26H27N3O4/c1-2-26(32)20-12-22-23-18(14-29(22)24(30)19(20)15-33-25(26)31)17(13-28-10-6-3-7-11-28)16-8-4-5-9-21(16)27-23/h4-5,8-9,12,32H,2-3,6-7,10-11,13-15H2,1H3/t26-/m0/s1. The van der Waals surface area contributed by atoms with Gasteiger partial charge in [0.1, 0.15) is 6.61 Å². The fourth-order valence-corrected chi connectivity index (χ4v) is 5.63. The molecule has 0 radical (unpaired) electrons. The number of pyridine rings is 2. The van der Waals surface area contributed by atoms with E-state index in [1.807, 2.05) is 18.2 Å². The van der Waals surface area contributed by atoms with Gasteiger partial charge in [0.05, 0.1) is 29.0 Å². The summed E-state index contributed by atoms with van der Waals surface area (Å²) in [5.74, 6) is -0.697. The third kappa shape index (κ3) is 2.99. The van der Waals surface area contributed by atoms with Gasteiger partial charge in [0.15, 0.2) is 5.60 Å². The van der Waals surface area contributed by atoms with Crippen LogP contribution in [0.3, 0.4) is 0 Å². The molecule has 7 heteroatoms. The van der Waals surface area contributed by atoms with Crippen LogP contribution in [0, 0.1) is 0 Å². The van der Waals surface area contributed by atoms with E-state index in [9.17, 15) is 14.7 Å². The highest BCUT2D eigenvalue weighted by Gasteiger charge is 2.45. The molecule has 1 fully saturated rings. The molecule has 1 aromatic carbocycles. The number of para-hydroxylation sites is 1. The number of hydrogen-bond acceptors (Lipinski definition) is 6. The van der Waals surface area contributed by atoms with E-state index in [-0.39, 0.29) is 18.6 Å². The van der Waals surface area contributed by atoms with Gasteiger partial charge in [0.2, 0.25) is 0 Å². The highest BCUT2D eigenvalue weighted by molar-refractivity contribution is 5.89. The maximum absolute atomic E-state index is 13.5. The number of likely N-dealkylation sites (tertiary alicyclic amines) is 1. The van der Waals surface area contributed by atoms with Crippen LogP contribution in [-0.2, 0) is 34.8 Å². The van der Waals surface area contributed by atoms with Crippen LogP contribution >= 0.6 is 0 Å². The van der Waals surface area contributed by atoms with Crippen molar-refractivity contribution in [2.45, 2.75) is 57.9 Å². The second-order valence-corrected chi connectivity index (χ2v) is 9.37. The van der Waals surface area contributed by atoms with Crippen molar-refractivity contribution >= 4 is 16.9 Å². The van der Waals surface area contributed by atoms with E-state index in [1.165, 1.54) is 24.8 Å². The number of esters is 1. The van der Waals surface area contributed by atoms with Crippen LogP contribution in [0.4, 0.5) is 0 Å². The number of hydrogen-bond donors (Lipinski definition) is 1. The van der Waals surface area contributed by atoms with Crippen LogP contribution < -0.4 is 5.56 Å². The summed E-state index contributed by atoms with van der Waals surface area (Å²) < 4.78 is 6.92. The summed E-state index contributed by atoms with van der Waals surface area (Å²) in [6, 6.07) is 9.93. The second-order valence-electron chi connectivity index (χ2n) is 9.37. The van der Waals surface area contributed by atoms with Gasteiger partial charge in [0.25, 0.3) is 5.56 Å². The Morgan fingerprint density at radius 3 is 2.70 bits per heavy atom.